The number of nitrogens with two attached hydrogens (primary N) is 1. The lowest BCUT2D eigenvalue weighted by molar-refractivity contribution is 0.0440. The molecule has 112 valence electrons. The van der Waals surface area contributed by atoms with E-state index < -0.39 is 0 Å². The molecule has 2 N–H and O–H groups in total. The van der Waals surface area contributed by atoms with Crippen molar-refractivity contribution in [3.8, 4) is 5.75 Å². The first kappa shape index (κ1) is 15.0. The Balaban J connectivity index is 2.05. The first-order chi connectivity index (χ1) is 9.72. The van der Waals surface area contributed by atoms with E-state index in [1.807, 2.05) is 19.1 Å². The first-order valence-corrected chi connectivity index (χ1v) is 7.62. The Morgan fingerprint density at radius 2 is 2.15 bits per heavy atom. The fourth-order valence-electron chi connectivity index (χ4n) is 2.63. The Hall–Kier alpha value is -1.42. The molecule has 1 saturated heterocycles. The van der Waals surface area contributed by atoms with Gasteiger partial charge in [-0.15, -0.1) is 0 Å². The summed E-state index contributed by atoms with van der Waals surface area (Å²) < 4.78 is 11.5. The molecule has 0 radical (unpaired) electrons. The minimum absolute atomic E-state index is 0.334. The van der Waals surface area contributed by atoms with E-state index in [1.54, 1.807) is 0 Å². The highest BCUT2D eigenvalue weighted by Gasteiger charge is 2.21. The van der Waals surface area contributed by atoms with Gasteiger partial charge in [0.15, 0.2) is 0 Å². The molecule has 1 atom stereocenters. The Morgan fingerprint density at radius 1 is 1.30 bits per heavy atom. The highest BCUT2D eigenvalue weighted by molar-refractivity contribution is 5.60. The number of piperidine rings is 1. The lowest BCUT2D eigenvalue weighted by Crippen LogP contribution is -2.39. The minimum Gasteiger partial charge on any atom is -0.494 e. The molecule has 0 saturated carbocycles. The van der Waals surface area contributed by atoms with Gasteiger partial charge < -0.3 is 20.1 Å². The lowest BCUT2D eigenvalue weighted by atomic mass is 10.1. The molecule has 1 aromatic carbocycles. The van der Waals surface area contributed by atoms with Crippen LogP contribution >= 0.6 is 0 Å². The predicted molar refractivity (Wildman–Crippen MR) is 83.5 cm³/mol. The number of rotatable bonds is 6. The molecule has 20 heavy (non-hydrogen) atoms. The maximum Gasteiger partial charge on any atom is 0.123 e. The van der Waals surface area contributed by atoms with Crippen molar-refractivity contribution in [2.45, 2.75) is 39.2 Å². The number of anilines is 2. The number of nitrogen functional groups attached to an aromatic ring is 1. The van der Waals surface area contributed by atoms with Crippen LogP contribution in [0.25, 0.3) is 0 Å². The number of benzene rings is 1. The third-order valence-electron chi connectivity index (χ3n) is 3.53. The molecular weight excluding hydrogens is 252 g/mol. The molecule has 0 aromatic heterocycles. The van der Waals surface area contributed by atoms with Gasteiger partial charge in [0, 0.05) is 43.2 Å². The van der Waals surface area contributed by atoms with Crippen molar-refractivity contribution in [2.24, 2.45) is 0 Å². The zero-order valence-electron chi connectivity index (χ0n) is 12.6. The third-order valence-corrected chi connectivity index (χ3v) is 3.53. The number of hydrogen-bond donors (Lipinski definition) is 1. The van der Waals surface area contributed by atoms with Crippen molar-refractivity contribution in [1.82, 2.24) is 0 Å². The van der Waals surface area contributed by atoms with E-state index >= 15 is 0 Å². The van der Waals surface area contributed by atoms with Crippen LogP contribution in [-0.2, 0) is 4.74 Å². The fraction of sp³-hybridized carbons (Fsp3) is 0.625. The van der Waals surface area contributed by atoms with Crippen molar-refractivity contribution in [2.75, 3.05) is 36.9 Å². The first-order valence-electron chi connectivity index (χ1n) is 7.62. The highest BCUT2D eigenvalue weighted by Crippen LogP contribution is 2.28. The maximum absolute atomic E-state index is 5.97. The van der Waals surface area contributed by atoms with Gasteiger partial charge in [-0.2, -0.15) is 0 Å². The summed E-state index contributed by atoms with van der Waals surface area (Å²) in [4.78, 5) is 2.35. The molecule has 1 aliphatic rings. The number of hydrogen-bond acceptors (Lipinski definition) is 4. The maximum atomic E-state index is 5.97. The van der Waals surface area contributed by atoms with E-state index in [0.29, 0.717) is 12.7 Å². The summed E-state index contributed by atoms with van der Waals surface area (Å²) in [5.74, 6) is 0.846. The summed E-state index contributed by atoms with van der Waals surface area (Å²) in [6, 6.07) is 5.97. The molecule has 1 aliphatic heterocycles. The Morgan fingerprint density at radius 3 is 2.90 bits per heavy atom. The van der Waals surface area contributed by atoms with Crippen LogP contribution in [-0.4, -0.2) is 32.4 Å². The van der Waals surface area contributed by atoms with Crippen LogP contribution in [0, 0.1) is 0 Å². The number of ether oxygens (including phenoxy) is 2. The highest BCUT2D eigenvalue weighted by atomic mass is 16.5. The SMILES string of the molecule is CCCOC1CCCN(c2cc(N)cc(OCC)c2)C1. The number of nitrogens with zero attached hydrogens (tertiary/aromatic N) is 1. The van der Waals surface area contributed by atoms with Gasteiger partial charge in [0.2, 0.25) is 0 Å². The molecule has 4 nitrogen and oxygen atoms in total. The molecule has 0 amide bonds. The van der Waals surface area contributed by atoms with Crippen molar-refractivity contribution in [1.29, 1.82) is 0 Å². The minimum atomic E-state index is 0.334. The second-order valence-corrected chi connectivity index (χ2v) is 5.27. The Bertz CT molecular complexity index is 423. The summed E-state index contributed by atoms with van der Waals surface area (Å²) in [5, 5.41) is 0. The molecule has 2 rings (SSSR count). The van der Waals surface area contributed by atoms with Crippen LogP contribution in [0.5, 0.6) is 5.75 Å². The molecule has 4 heteroatoms. The van der Waals surface area contributed by atoms with Crippen LogP contribution in [0.3, 0.4) is 0 Å². The second kappa shape index (κ2) is 7.39. The average molecular weight is 278 g/mol. The third kappa shape index (κ3) is 4.04. The summed E-state index contributed by atoms with van der Waals surface area (Å²) >= 11 is 0. The van der Waals surface area contributed by atoms with E-state index in [1.165, 1.54) is 0 Å². The van der Waals surface area contributed by atoms with Gasteiger partial charge >= 0.3 is 0 Å². The summed E-state index contributed by atoms with van der Waals surface area (Å²) in [6.07, 6.45) is 3.72. The van der Waals surface area contributed by atoms with E-state index in [9.17, 15) is 0 Å². The predicted octanol–water partition coefficient (Wildman–Crippen LogP) is 3.06. The molecule has 0 aliphatic carbocycles. The van der Waals surface area contributed by atoms with Gasteiger partial charge in [-0.1, -0.05) is 6.92 Å². The largest absolute Gasteiger partial charge is 0.494 e. The molecule has 1 fully saturated rings. The molecule has 1 heterocycles. The van der Waals surface area contributed by atoms with Crippen molar-refractivity contribution < 1.29 is 9.47 Å². The Labute approximate surface area is 121 Å². The van der Waals surface area contributed by atoms with E-state index in [4.69, 9.17) is 15.2 Å². The van der Waals surface area contributed by atoms with Gasteiger partial charge in [0.25, 0.3) is 0 Å². The zero-order valence-corrected chi connectivity index (χ0v) is 12.6. The molecule has 0 bridgehead atoms. The lowest BCUT2D eigenvalue weighted by Gasteiger charge is -2.34. The molecular formula is C16H26N2O2. The van der Waals surface area contributed by atoms with Crippen molar-refractivity contribution in [3.05, 3.63) is 18.2 Å². The van der Waals surface area contributed by atoms with E-state index in [-0.39, 0.29) is 0 Å². The fourth-order valence-corrected chi connectivity index (χ4v) is 2.63. The van der Waals surface area contributed by atoms with E-state index in [0.717, 1.165) is 56.1 Å². The standard InChI is InChI=1S/C16H26N2O2/c1-3-8-20-15-6-5-7-18(12-15)14-9-13(17)10-16(11-14)19-4-2/h9-11,15H,3-8,12,17H2,1-2H3. The quantitative estimate of drug-likeness (QED) is 0.812. The van der Waals surface area contributed by atoms with Crippen molar-refractivity contribution >= 4 is 11.4 Å². The topological polar surface area (TPSA) is 47.7 Å². The molecule has 0 spiro atoms. The zero-order chi connectivity index (χ0) is 14.4. The summed E-state index contributed by atoms with van der Waals surface area (Å²) in [6.45, 7) is 7.63. The van der Waals surface area contributed by atoms with Gasteiger partial charge in [-0.3, -0.25) is 0 Å². The smallest absolute Gasteiger partial charge is 0.123 e. The van der Waals surface area contributed by atoms with E-state index in [2.05, 4.69) is 17.9 Å². The summed E-state index contributed by atoms with van der Waals surface area (Å²) in [7, 11) is 0. The van der Waals surface area contributed by atoms with Crippen LogP contribution in [0.2, 0.25) is 0 Å². The van der Waals surface area contributed by atoms with Crippen LogP contribution in [0.1, 0.15) is 33.1 Å². The van der Waals surface area contributed by atoms with Crippen LogP contribution < -0.4 is 15.4 Å². The van der Waals surface area contributed by atoms with Crippen molar-refractivity contribution in [3.63, 3.8) is 0 Å². The van der Waals surface area contributed by atoms with Gasteiger partial charge in [0.1, 0.15) is 5.75 Å². The van der Waals surface area contributed by atoms with Gasteiger partial charge in [-0.25, -0.2) is 0 Å². The molecule has 1 unspecified atom stereocenters. The summed E-state index contributed by atoms with van der Waals surface area (Å²) in [5.41, 5.74) is 7.86. The van der Waals surface area contributed by atoms with Gasteiger partial charge in [0.05, 0.1) is 12.7 Å². The average Bonchev–Trinajstić information content (AvgIpc) is 2.45. The second-order valence-electron chi connectivity index (χ2n) is 5.27. The van der Waals surface area contributed by atoms with Crippen LogP contribution in [0.15, 0.2) is 18.2 Å². The molecule has 1 aromatic rings. The monoisotopic (exact) mass is 278 g/mol. The Kier molecular flexibility index (Phi) is 5.53. The van der Waals surface area contributed by atoms with Gasteiger partial charge in [-0.05, 0) is 32.3 Å². The van der Waals surface area contributed by atoms with Crippen LogP contribution in [0.4, 0.5) is 11.4 Å². The normalized spacial score (nSPS) is 19.1.